The van der Waals surface area contributed by atoms with Crippen LogP contribution in [0, 0.1) is 6.92 Å². The van der Waals surface area contributed by atoms with E-state index in [1.165, 1.54) is 30.9 Å². The van der Waals surface area contributed by atoms with Crippen LogP contribution in [-0.2, 0) is 6.42 Å². The molecule has 1 fully saturated rings. The number of aromatic amines is 1. The van der Waals surface area contributed by atoms with Gasteiger partial charge in [-0.2, -0.15) is 0 Å². The number of nitrogens with one attached hydrogen (secondary N) is 2. The molecule has 0 aliphatic carbocycles. The second kappa shape index (κ2) is 8.43. The average molecular weight is 390 g/mol. The Morgan fingerprint density at radius 1 is 1.10 bits per heavy atom. The lowest BCUT2D eigenvalue weighted by atomic mass is 10.1. The van der Waals surface area contributed by atoms with Crippen molar-refractivity contribution in [2.75, 3.05) is 23.3 Å². The zero-order valence-corrected chi connectivity index (χ0v) is 16.9. The molecule has 2 aromatic heterocycles. The second-order valence-corrected chi connectivity index (χ2v) is 7.37. The Labute approximate surface area is 170 Å². The zero-order valence-electron chi connectivity index (χ0n) is 16.9. The van der Waals surface area contributed by atoms with Gasteiger partial charge in [0.25, 0.3) is 5.56 Å². The van der Waals surface area contributed by atoms with Crippen LogP contribution in [0.15, 0.2) is 41.3 Å². The highest BCUT2D eigenvalue weighted by Crippen LogP contribution is 2.23. The minimum Gasteiger partial charge on any atom is -0.341 e. The molecule has 3 heterocycles. The van der Waals surface area contributed by atoms with E-state index in [4.69, 9.17) is 0 Å². The fourth-order valence-electron chi connectivity index (χ4n) is 3.57. The highest BCUT2D eigenvalue weighted by molar-refractivity contribution is 5.64. The highest BCUT2D eigenvalue weighted by atomic mass is 16.1. The Kier molecular flexibility index (Phi) is 5.55. The molecule has 0 unspecified atom stereocenters. The van der Waals surface area contributed by atoms with Gasteiger partial charge in [0.1, 0.15) is 0 Å². The monoisotopic (exact) mass is 390 g/mol. The number of anilines is 3. The highest BCUT2D eigenvalue weighted by Gasteiger charge is 2.16. The van der Waals surface area contributed by atoms with E-state index in [2.05, 4.69) is 49.2 Å². The predicted molar refractivity (Wildman–Crippen MR) is 116 cm³/mol. The number of aryl methyl sites for hydroxylation is 2. The predicted octanol–water partition coefficient (Wildman–Crippen LogP) is 3.83. The van der Waals surface area contributed by atoms with E-state index in [1.807, 2.05) is 19.1 Å². The molecule has 3 aromatic rings. The van der Waals surface area contributed by atoms with Crippen LogP contribution in [0.5, 0.6) is 0 Å². The van der Waals surface area contributed by atoms with Gasteiger partial charge < -0.3 is 10.2 Å². The fraction of sp³-hybridized carbons (Fsp3) is 0.364. The Morgan fingerprint density at radius 2 is 1.86 bits per heavy atom. The van der Waals surface area contributed by atoms with E-state index >= 15 is 0 Å². The smallest absolute Gasteiger partial charge is 0.252 e. The Balaban J connectivity index is 1.60. The third-order valence-corrected chi connectivity index (χ3v) is 5.25. The van der Waals surface area contributed by atoms with Crippen LogP contribution in [0.2, 0.25) is 0 Å². The molecule has 29 heavy (non-hydrogen) atoms. The van der Waals surface area contributed by atoms with Crippen molar-refractivity contribution in [2.24, 2.45) is 0 Å². The first-order chi connectivity index (χ1) is 14.1. The molecular weight excluding hydrogens is 364 g/mol. The summed E-state index contributed by atoms with van der Waals surface area (Å²) in [5, 5.41) is 3.17. The van der Waals surface area contributed by atoms with Crippen LogP contribution in [0.25, 0.3) is 11.3 Å². The third kappa shape index (κ3) is 4.45. The molecule has 1 saturated heterocycles. The minimum absolute atomic E-state index is 0.220. The molecule has 0 saturated carbocycles. The van der Waals surface area contributed by atoms with Crippen LogP contribution >= 0.6 is 0 Å². The molecule has 1 aliphatic rings. The number of piperidine rings is 1. The lowest BCUT2D eigenvalue weighted by Gasteiger charge is -2.26. The van der Waals surface area contributed by atoms with Crippen LogP contribution in [0.4, 0.5) is 17.6 Å². The van der Waals surface area contributed by atoms with E-state index < -0.39 is 0 Å². The van der Waals surface area contributed by atoms with Crippen molar-refractivity contribution in [1.82, 2.24) is 19.9 Å². The first-order valence-electron chi connectivity index (χ1n) is 10.2. The molecule has 7 heteroatoms. The summed E-state index contributed by atoms with van der Waals surface area (Å²) in [6, 6.07) is 9.56. The van der Waals surface area contributed by atoms with E-state index in [0.717, 1.165) is 42.4 Å². The molecule has 2 N–H and O–H groups in total. The van der Waals surface area contributed by atoms with Crippen molar-refractivity contribution in [1.29, 1.82) is 0 Å². The molecule has 1 aromatic carbocycles. The molecule has 1 aliphatic heterocycles. The molecular formula is C22H26N6O. The maximum atomic E-state index is 12.2. The number of H-pyrrole nitrogens is 1. The lowest BCUT2D eigenvalue weighted by molar-refractivity contribution is 0.568. The van der Waals surface area contributed by atoms with Gasteiger partial charge in [0.2, 0.25) is 11.9 Å². The topological polar surface area (TPSA) is 86.8 Å². The molecule has 0 spiro atoms. The van der Waals surface area contributed by atoms with Crippen LogP contribution in [0.3, 0.4) is 0 Å². The first-order valence-corrected chi connectivity index (χ1v) is 10.2. The maximum Gasteiger partial charge on any atom is 0.252 e. The molecule has 0 radical (unpaired) electrons. The number of hydrogen-bond donors (Lipinski definition) is 2. The summed E-state index contributed by atoms with van der Waals surface area (Å²) in [6.07, 6.45) is 6.37. The molecule has 0 amide bonds. The van der Waals surface area contributed by atoms with Gasteiger partial charge in [-0.05, 0) is 50.3 Å². The lowest BCUT2D eigenvalue weighted by Crippen LogP contribution is -2.31. The van der Waals surface area contributed by atoms with Gasteiger partial charge in [-0.1, -0.05) is 19.1 Å². The molecule has 4 rings (SSSR count). The van der Waals surface area contributed by atoms with Crippen molar-refractivity contribution in [2.45, 2.75) is 39.5 Å². The Bertz CT molecular complexity index is 1040. The van der Waals surface area contributed by atoms with Gasteiger partial charge in [0.15, 0.2) is 0 Å². The van der Waals surface area contributed by atoms with E-state index in [1.54, 1.807) is 6.20 Å². The van der Waals surface area contributed by atoms with Crippen LogP contribution < -0.4 is 15.8 Å². The van der Waals surface area contributed by atoms with Crippen molar-refractivity contribution < 1.29 is 0 Å². The third-order valence-electron chi connectivity index (χ3n) is 5.25. The fourth-order valence-corrected chi connectivity index (χ4v) is 3.57. The Hall–Kier alpha value is -3.22. The number of rotatable bonds is 5. The van der Waals surface area contributed by atoms with Crippen LogP contribution in [0.1, 0.15) is 37.4 Å². The van der Waals surface area contributed by atoms with Gasteiger partial charge in [-0.25, -0.2) is 15.0 Å². The molecule has 7 nitrogen and oxygen atoms in total. The second-order valence-electron chi connectivity index (χ2n) is 7.37. The van der Waals surface area contributed by atoms with E-state index in [-0.39, 0.29) is 5.56 Å². The average Bonchev–Trinajstić information content (AvgIpc) is 2.74. The minimum atomic E-state index is -0.220. The molecule has 150 valence electrons. The van der Waals surface area contributed by atoms with E-state index in [9.17, 15) is 4.79 Å². The van der Waals surface area contributed by atoms with Crippen molar-refractivity contribution in [3.8, 4) is 11.3 Å². The number of aromatic nitrogens is 4. The summed E-state index contributed by atoms with van der Waals surface area (Å²) < 4.78 is 0. The number of nitrogens with zero attached hydrogens (tertiary/aromatic N) is 4. The van der Waals surface area contributed by atoms with Gasteiger partial charge in [-0.15, -0.1) is 0 Å². The summed E-state index contributed by atoms with van der Waals surface area (Å²) in [4.78, 5) is 31.0. The van der Waals surface area contributed by atoms with Crippen molar-refractivity contribution in [3.05, 3.63) is 58.1 Å². The summed E-state index contributed by atoms with van der Waals surface area (Å²) in [7, 11) is 0. The summed E-state index contributed by atoms with van der Waals surface area (Å²) in [5.41, 5.74) is 4.05. The van der Waals surface area contributed by atoms with Crippen molar-refractivity contribution in [3.63, 3.8) is 0 Å². The largest absolute Gasteiger partial charge is 0.341 e. The number of benzene rings is 1. The van der Waals surface area contributed by atoms with Gasteiger partial charge >= 0.3 is 0 Å². The molecule has 0 atom stereocenters. The SMILES string of the molecule is CCc1ccc(Nc2nc(-c3cnc(N4CCCCC4)nc3C)cc(=O)[nH]2)cc1. The van der Waals surface area contributed by atoms with Gasteiger partial charge in [0, 0.05) is 36.6 Å². The summed E-state index contributed by atoms with van der Waals surface area (Å²) >= 11 is 0. The van der Waals surface area contributed by atoms with E-state index in [0.29, 0.717) is 11.6 Å². The standard InChI is InChI=1S/C22H26N6O/c1-3-16-7-9-17(10-8-16)25-21-26-19(13-20(29)27-21)18-14-23-22(24-15(18)2)28-11-5-4-6-12-28/h7-10,13-14H,3-6,11-12H2,1-2H3,(H2,25,26,27,29). The van der Waals surface area contributed by atoms with Crippen LogP contribution in [-0.4, -0.2) is 33.0 Å². The van der Waals surface area contributed by atoms with Crippen molar-refractivity contribution >= 4 is 17.6 Å². The summed E-state index contributed by atoms with van der Waals surface area (Å²) in [6.45, 7) is 6.04. The Morgan fingerprint density at radius 3 is 2.55 bits per heavy atom. The summed E-state index contributed by atoms with van der Waals surface area (Å²) in [5.74, 6) is 1.15. The normalized spacial score (nSPS) is 14.1. The van der Waals surface area contributed by atoms with Gasteiger partial charge in [-0.3, -0.25) is 9.78 Å². The first kappa shape index (κ1) is 19.1. The molecule has 0 bridgehead atoms. The quantitative estimate of drug-likeness (QED) is 0.688. The number of hydrogen-bond acceptors (Lipinski definition) is 6. The zero-order chi connectivity index (χ0) is 20.2. The maximum absolute atomic E-state index is 12.2. The van der Waals surface area contributed by atoms with Gasteiger partial charge in [0.05, 0.1) is 11.4 Å².